The van der Waals surface area contributed by atoms with Crippen molar-refractivity contribution in [2.45, 2.75) is 63.0 Å². The number of likely N-dealkylation sites (tertiary alicyclic amines) is 2. The van der Waals surface area contributed by atoms with Gasteiger partial charge in [-0.25, -0.2) is 14.8 Å². The van der Waals surface area contributed by atoms with Crippen molar-refractivity contribution < 1.29 is 22.7 Å². The van der Waals surface area contributed by atoms with Crippen molar-refractivity contribution in [3.63, 3.8) is 0 Å². The second-order valence-electron chi connectivity index (χ2n) is 12.1. The summed E-state index contributed by atoms with van der Waals surface area (Å²) in [5, 5.41) is 7.53. The maximum atomic E-state index is 13.0. The number of ether oxygens (including phenoxy) is 1. The van der Waals surface area contributed by atoms with Gasteiger partial charge in [-0.2, -0.15) is 18.3 Å². The van der Waals surface area contributed by atoms with Gasteiger partial charge in [0.15, 0.2) is 11.5 Å². The maximum absolute atomic E-state index is 13.0. The molecule has 3 saturated carbocycles. The summed E-state index contributed by atoms with van der Waals surface area (Å²) in [4.78, 5) is 29.2. The number of nitrogens with one attached hydrogen (secondary N) is 1. The van der Waals surface area contributed by atoms with Gasteiger partial charge < -0.3 is 14.5 Å². The number of halogens is 3. The monoisotopic (exact) mass is 517 g/mol. The Bertz CT molecular complexity index is 1220. The van der Waals surface area contributed by atoms with E-state index in [9.17, 15) is 18.0 Å². The van der Waals surface area contributed by atoms with Crippen LogP contribution in [0.5, 0.6) is 5.88 Å². The number of carbonyl (C=O) groups excluding carboxylic acids is 1. The van der Waals surface area contributed by atoms with E-state index in [1.165, 1.54) is 20.0 Å². The molecule has 7 rings (SSSR count). The van der Waals surface area contributed by atoms with Crippen molar-refractivity contribution in [3.8, 4) is 5.88 Å². The van der Waals surface area contributed by atoms with Gasteiger partial charge in [0.25, 0.3) is 0 Å². The molecule has 0 atom stereocenters. The molecule has 5 aliphatic rings. The molecule has 2 spiro atoms. The third-order valence-corrected chi connectivity index (χ3v) is 9.07. The minimum absolute atomic E-state index is 0.0578. The normalized spacial score (nSPS) is 24.4. The highest BCUT2D eigenvalue weighted by Crippen LogP contribution is 2.57. The van der Waals surface area contributed by atoms with Gasteiger partial charge in [-0.15, -0.1) is 0 Å². The van der Waals surface area contributed by atoms with Crippen LogP contribution in [0.3, 0.4) is 0 Å². The topological polar surface area (TPSA) is 100 Å². The molecule has 2 aromatic rings. The molecule has 2 aromatic heterocycles. The first-order valence-corrected chi connectivity index (χ1v) is 13.1. The molecule has 3 aliphatic carbocycles. The second kappa shape index (κ2) is 7.80. The molecule has 0 bridgehead atoms. The van der Waals surface area contributed by atoms with Gasteiger partial charge >= 0.3 is 12.2 Å². The van der Waals surface area contributed by atoms with E-state index in [2.05, 4.69) is 20.2 Å². The number of aromatic nitrogens is 5. The molecule has 1 N–H and O–H groups in total. The van der Waals surface area contributed by atoms with E-state index in [0.29, 0.717) is 29.9 Å². The minimum atomic E-state index is -4.55. The Morgan fingerprint density at radius 2 is 1.70 bits per heavy atom. The van der Waals surface area contributed by atoms with Gasteiger partial charge in [0.05, 0.1) is 13.3 Å². The molecule has 198 valence electrons. The molecular weight excluding hydrogens is 487 g/mol. The van der Waals surface area contributed by atoms with E-state index in [0.717, 1.165) is 69.7 Å². The Balaban J connectivity index is 0.858. The molecule has 2 amide bonds. The van der Waals surface area contributed by atoms with Crippen LogP contribution in [0.2, 0.25) is 0 Å². The van der Waals surface area contributed by atoms with E-state index in [1.807, 2.05) is 9.80 Å². The zero-order chi connectivity index (χ0) is 25.6. The number of rotatable bonds is 5. The lowest BCUT2D eigenvalue weighted by Crippen LogP contribution is -2.71. The number of amides is 2. The average molecular weight is 518 g/mol. The SMILES string of the molecule is COc1nc(C(F)(F)F)cnc1CC1CC2(C1)CN(C(=O)N1CC3(CC(c4n[nH]c(C5CC5)n4)C3)C1)C2. The summed E-state index contributed by atoms with van der Waals surface area (Å²) in [6.07, 6.45) is 3.17. The van der Waals surface area contributed by atoms with Crippen LogP contribution in [-0.2, 0) is 12.6 Å². The highest BCUT2D eigenvalue weighted by Gasteiger charge is 2.59. The van der Waals surface area contributed by atoms with Crippen LogP contribution in [0.1, 0.15) is 73.4 Å². The lowest BCUT2D eigenvalue weighted by Gasteiger charge is -2.63. The molecule has 12 heteroatoms. The van der Waals surface area contributed by atoms with Crippen LogP contribution in [0.15, 0.2) is 6.20 Å². The summed E-state index contributed by atoms with van der Waals surface area (Å²) >= 11 is 0. The summed E-state index contributed by atoms with van der Waals surface area (Å²) in [6.45, 7) is 3.15. The number of carbonyl (C=O) groups is 1. The molecule has 0 unspecified atom stereocenters. The Kier molecular flexibility index (Phi) is 4.89. The predicted octanol–water partition coefficient (Wildman–Crippen LogP) is 3.75. The van der Waals surface area contributed by atoms with Gasteiger partial charge in [0.1, 0.15) is 11.5 Å². The number of nitrogens with zero attached hydrogens (tertiary/aromatic N) is 6. The zero-order valence-electron chi connectivity index (χ0n) is 20.7. The van der Waals surface area contributed by atoms with Gasteiger partial charge in [-0.05, 0) is 50.9 Å². The van der Waals surface area contributed by atoms with Gasteiger partial charge in [-0.1, -0.05) is 0 Å². The summed E-state index contributed by atoms with van der Waals surface area (Å²) in [5.41, 5.74) is -0.202. The Labute approximate surface area is 212 Å². The van der Waals surface area contributed by atoms with Crippen LogP contribution in [-0.4, -0.2) is 74.3 Å². The molecule has 0 aromatic carbocycles. The quantitative estimate of drug-likeness (QED) is 0.649. The van der Waals surface area contributed by atoms with Crippen molar-refractivity contribution >= 4 is 6.03 Å². The first-order valence-electron chi connectivity index (χ1n) is 13.1. The standard InChI is InChI=1S/C25H30F3N7O2/c1-37-21-17(29-9-18(30-21)25(26,27)28)4-14-5-23(6-14)10-34(11-23)22(36)35-12-24(13-35)7-16(8-24)20-31-19(32-33-20)15-2-3-15/h9,14-16H,2-8,10-13H2,1H3,(H,31,32,33). The molecular formula is C25H30F3N7O2. The van der Waals surface area contributed by atoms with Crippen molar-refractivity contribution in [3.05, 3.63) is 29.2 Å². The minimum Gasteiger partial charge on any atom is -0.480 e. The zero-order valence-corrected chi connectivity index (χ0v) is 20.7. The number of aromatic amines is 1. The summed E-state index contributed by atoms with van der Waals surface area (Å²) in [7, 11) is 1.31. The second-order valence-corrected chi connectivity index (χ2v) is 12.1. The molecule has 2 aliphatic heterocycles. The molecule has 5 fully saturated rings. The lowest BCUT2D eigenvalue weighted by atomic mass is 9.56. The van der Waals surface area contributed by atoms with E-state index in [-0.39, 0.29) is 22.7 Å². The van der Waals surface area contributed by atoms with Crippen LogP contribution in [0.4, 0.5) is 18.0 Å². The van der Waals surface area contributed by atoms with E-state index in [1.54, 1.807) is 0 Å². The van der Waals surface area contributed by atoms with Gasteiger partial charge in [0.2, 0.25) is 5.88 Å². The average Bonchev–Trinajstić information content (AvgIpc) is 3.49. The van der Waals surface area contributed by atoms with Crippen molar-refractivity contribution in [2.24, 2.45) is 16.7 Å². The molecule has 4 heterocycles. The Morgan fingerprint density at radius 3 is 2.30 bits per heavy atom. The van der Waals surface area contributed by atoms with Crippen molar-refractivity contribution in [2.75, 3.05) is 33.3 Å². The highest BCUT2D eigenvalue weighted by molar-refractivity contribution is 5.77. The van der Waals surface area contributed by atoms with E-state index < -0.39 is 11.9 Å². The smallest absolute Gasteiger partial charge is 0.435 e. The van der Waals surface area contributed by atoms with Gasteiger partial charge in [0, 0.05) is 48.8 Å². The van der Waals surface area contributed by atoms with Crippen LogP contribution in [0, 0.1) is 16.7 Å². The number of H-pyrrole nitrogens is 1. The highest BCUT2D eigenvalue weighted by atomic mass is 19.4. The molecule has 0 radical (unpaired) electrons. The van der Waals surface area contributed by atoms with E-state index in [4.69, 9.17) is 9.72 Å². The van der Waals surface area contributed by atoms with Crippen LogP contribution < -0.4 is 4.74 Å². The number of urea groups is 1. The van der Waals surface area contributed by atoms with E-state index >= 15 is 0 Å². The Hall–Kier alpha value is -2.92. The predicted molar refractivity (Wildman–Crippen MR) is 124 cm³/mol. The summed E-state index contributed by atoms with van der Waals surface area (Å²) in [6, 6.07) is 0.132. The molecule has 9 nitrogen and oxygen atoms in total. The summed E-state index contributed by atoms with van der Waals surface area (Å²) < 4.78 is 43.8. The third kappa shape index (κ3) is 3.94. The number of hydrogen-bond acceptors (Lipinski definition) is 6. The van der Waals surface area contributed by atoms with Crippen molar-refractivity contribution in [1.82, 2.24) is 34.9 Å². The first kappa shape index (κ1) is 23.2. The van der Waals surface area contributed by atoms with Crippen LogP contribution >= 0.6 is 0 Å². The molecule has 2 saturated heterocycles. The maximum Gasteiger partial charge on any atom is 0.435 e. The fraction of sp³-hybridized carbons (Fsp3) is 0.720. The van der Waals surface area contributed by atoms with Gasteiger partial charge in [-0.3, -0.25) is 10.1 Å². The first-order chi connectivity index (χ1) is 17.6. The van der Waals surface area contributed by atoms with Crippen molar-refractivity contribution in [1.29, 1.82) is 0 Å². The summed E-state index contributed by atoms with van der Waals surface area (Å²) in [5.74, 6) is 3.23. The fourth-order valence-electron chi connectivity index (χ4n) is 7.11. The van der Waals surface area contributed by atoms with Crippen LogP contribution in [0.25, 0.3) is 0 Å². The number of alkyl halides is 3. The largest absolute Gasteiger partial charge is 0.480 e. The Morgan fingerprint density at radius 1 is 1.05 bits per heavy atom. The lowest BCUT2D eigenvalue weighted by molar-refractivity contribution is -0.141. The third-order valence-electron chi connectivity index (χ3n) is 9.07. The number of hydrogen-bond donors (Lipinski definition) is 1. The fourth-order valence-corrected chi connectivity index (χ4v) is 7.11. The molecule has 37 heavy (non-hydrogen) atoms. The number of methoxy groups -OCH3 is 1.